The highest BCUT2D eigenvalue weighted by atomic mass is 32.2. The van der Waals surface area contributed by atoms with Gasteiger partial charge < -0.3 is 4.74 Å². The molecule has 16 heavy (non-hydrogen) atoms. The Hall–Kier alpha value is -0.870. The van der Waals surface area contributed by atoms with Crippen molar-refractivity contribution in [3.8, 4) is 0 Å². The lowest BCUT2D eigenvalue weighted by molar-refractivity contribution is 0.0994. The normalized spacial score (nSPS) is 12.4. The van der Waals surface area contributed by atoms with E-state index in [0.29, 0.717) is 12.2 Å². The van der Waals surface area contributed by atoms with Gasteiger partial charge in [0.2, 0.25) is 0 Å². The Kier molecular flexibility index (Phi) is 5.49. The van der Waals surface area contributed by atoms with Crippen LogP contribution < -0.4 is 0 Å². The van der Waals surface area contributed by atoms with E-state index in [4.69, 9.17) is 4.74 Å². The fourth-order valence-electron chi connectivity index (χ4n) is 1.23. The Labute approximate surface area is 99.2 Å². The van der Waals surface area contributed by atoms with Gasteiger partial charge in [0.15, 0.2) is 5.78 Å². The van der Waals surface area contributed by atoms with Crippen molar-refractivity contribution in [2.75, 3.05) is 19.5 Å². The van der Waals surface area contributed by atoms with Gasteiger partial charge in [-0.05, 0) is 31.2 Å². The first-order valence-electron chi connectivity index (χ1n) is 5.05. The van der Waals surface area contributed by atoms with Crippen LogP contribution >= 0.6 is 11.8 Å². The SMILES string of the molecule is COCCSC(C)C(=O)c1ccc(F)cc1. The van der Waals surface area contributed by atoms with E-state index >= 15 is 0 Å². The number of hydrogen-bond acceptors (Lipinski definition) is 3. The standard InChI is InChI=1S/C12H15FO2S/c1-9(16-8-7-15-2)12(14)10-3-5-11(13)6-4-10/h3-6,9H,7-8H2,1-2H3. The van der Waals surface area contributed by atoms with Crippen molar-refractivity contribution in [3.63, 3.8) is 0 Å². The zero-order valence-corrected chi connectivity index (χ0v) is 10.2. The number of methoxy groups -OCH3 is 1. The highest BCUT2D eigenvalue weighted by Crippen LogP contribution is 2.16. The molecule has 0 aromatic heterocycles. The third-order valence-corrected chi connectivity index (χ3v) is 3.27. The molecule has 0 fully saturated rings. The maximum absolute atomic E-state index is 12.7. The Morgan fingerprint density at radius 2 is 2.06 bits per heavy atom. The molecule has 0 saturated carbocycles. The Morgan fingerprint density at radius 1 is 1.44 bits per heavy atom. The Balaban J connectivity index is 2.53. The van der Waals surface area contributed by atoms with Crippen LogP contribution in [-0.4, -0.2) is 30.5 Å². The van der Waals surface area contributed by atoms with Crippen LogP contribution in [0.5, 0.6) is 0 Å². The molecule has 2 nitrogen and oxygen atoms in total. The molecule has 0 radical (unpaired) electrons. The average molecular weight is 242 g/mol. The summed E-state index contributed by atoms with van der Waals surface area (Å²) in [5.41, 5.74) is 0.554. The summed E-state index contributed by atoms with van der Waals surface area (Å²) in [6, 6.07) is 5.65. The third-order valence-electron chi connectivity index (χ3n) is 2.15. The molecule has 1 rings (SSSR count). The van der Waals surface area contributed by atoms with Crippen molar-refractivity contribution in [1.29, 1.82) is 0 Å². The van der Waals surface area contributed by atoms with Gasteiger partial charge in [-0.3, -0.25) is 4.79 Å². The van der Waals surface area contributed by atoms with E-state index in [9.17, 15) is 9.18 Å². The molecule has 0 spiro atoms. The van der Waals surface area contributed by atoms with Gasteiger partial charge in [0.05, 0.1) is 11.9 Å². The number of ketones is 1. The Bertz CT molecular complexity index is 337. The molecule has 0 saturated heterocycles. The van der Waals surface area contributed by atoms with Gasteiger partial charge in [-0.1, -0.05) is 0 Å². The van der Waals surface area contributed by atoms with Gasteiger partial charge in [-0.2, -0.15) is 0 Å². The lowest BCUT2D eigenvalue weighted by atomic mass is 10.1. The summed E-state index contributed by atoms with van der Waals surface area (Å²) in [6.45, 7) is 2.48. The average Bonchev–Trinajstić information content (AvgIpc) is 2.29. The van der Waals surface area contributed by atoms with Crippen LogP contribution in [0.3, 0.4) is 0 Å². The van der Waals surface area contributed by atoms with E-state index in [0.717, 1.165) is 5.75 Å². The minimum atomic E-state index is -0.323. The van der Waals surface area contributed by atoms with Crippen LogP contribution in [0, 0.1) is 5.82 Å². The Morgan fingerprint density at radius 3 is 2.62 bits per heavy atom. The van der Waals surface area contributed by atoms with Crippen molar-refractivity contribution < 1.29 is 13.9 Å². The summed E-state index contributed by atoms with van der Waals surface area (Å²) in [4.78, 5) is 11.9. The number of ether oxygens (including phenoxy) is 1. The first kappa shape index (κ1) is 13.2. The van der Waals surface area contributed by atoms with E-state index in [1.165, 1.54) is 36.0 Å². The minimum absolute atomic E-state index is 0.0288. The molecule has 0 aliphatic carbocycles. The van der Waals surface area contributed by atoms with Crippen LogP contribution in [0.4, 0.5) is 4.39 Å². The second-order valence-electron chi connectivity index (χ2n) is 3.38. The van der Waals surface area contributed by atoms with Crippen LogP contribution in [0.1, 0.15) is 17.3 Å². The van der Waals surface area contributed by atoms with Crippen molar-refractivity contribution in [2.24, 2.45) is 0 Å². The summed E-state index contributed by atoms with van der Waals surface area (Å²) in [6.07, 6.45) is 0. The van der Waals surface area contributed by atoms with Crippen molar-refractivity contribution in [3.05, 3.63) is 35.6 Å². The lowest BCUT2D eigenvalue weighted by Gasteiger charge is -2.09. The van der Waals surface area contributed by atoms with Crippen molar-refractivity contribution in [2.45, 2.75) is 12.2 Å². The van der Waals surface area contributed by atoms with E-state index in [1.54, 1.807) is 7.11 Å². The van der Waals surface area contributed by atoms with E-state index < -0.39 is 0 Å². The quantitative estimate of drug-likeness (QED) is 0.567. The predicted octanol–water partition coefficient (Wildman–Crippen LogP) is 2.78. The van der Waals surface area contributed by atoms with E-state index in [2.05, 4.69) is 0 Å². The number of rotatable bonds is 6. The van der Waals surface area contributed by atoms with Gasteiger partial charge in [0.1, 0.15) is 5.82 Å². The molecule has 0 aliphatic heterocycles. The summed E-state index contributed by atoms with van der Waals surface area (Å²) in [5, 5.41) is -0.124. The van der Waals surface area contributed by atoms with E-state index in [-0.39, 0.29) is 16.9 Å². The number of benzene rings is 1. The molecule has 1 unspecified atom stereocenters. The maximum Gasteiger partial charge on any atom is 0.175 e. The molecule has 88 valence electrons. The largest absolute Gasteiger partial charge is 0.384 e. The molecule has 0 aliphatic rings. The number of thioether (sulfide) groups is 1. The zero-order chi connectivity index (χ0) is 12.0. The third kappa shape index (κ3) is 3.94. The first-order valence-corrected chi connectivity index (χ1v) is 6.10. The lowest BCUT2D eigenvalue weighted by Crippen LogP contribution is -2.15. The second-order valence-corrected chi connectivity index (χ2v) is 4.83. The van der Waals surface area contributed by atoms with Gasteiger partial charge >= 0.3 is 0 Å². The second kappa shape index (κ2) is 6.66. The van der Waals surface area contributed by atoms with Crippen LogP contribution in [0.25, 0.3) is 0 Å². The van der Waals surface area contributed by atoms with Crippen LogP contribution in [0.2, 0.25) is 0 Å². The minimum Gasteiger partial charge on any atom is -0.384 e. The predicted molar refractivity (Wildman–Crippen MR) is 64.5 cm³/mol. The highest BCUT2D eigenvalue weighted by molar-refractivity contribution is 8.00. The van der Waals surface area contributed by atoms with Gasteiger partial charge in [0, 0.05) is 18.4 Å². The van der Waals surface area contributed by atoms with E-state index in [1.807, 2.05) is 6.92 Å². The summed E-state index contributed by atoms with van der Waals surface area (Å²) in [7, 11) is 1.63. The van der Waals surface area contributed by atoms with Gasteiger partial charge in [-0.15, -0.1) is 11.8 Å². The van der Waals surface area contributed by atoms with Gasteiger partial charge in [-0.25, -0.2) is 4.39 Å². The molecule has 1 atom stereocenters. The van der Waals surface area contributed by atoms with Crippen LogP contribution in [-0.2, 0) is 4.74 Å². The molecule has 0 heterocycles. The molecule has 0 amide bonds. The summed E-state index contributed by atoms with van der Waals surface area (Å²) >= 11 is 1.54. The topological polar surface area (TPSA) is 26.3 Å². The van der Waals surface area contributed by atoms with Crippen LogP contribution in [0.15, 0.2) is 24.3 Å². The summed E-state index contributed by atoms with van der Waals surface area (Å²) < 4.78 is 17.6. The monoisotopic (exact) mass is 242 g/mol. The number of Topliss-reactive ketones (excluding diaryl/α,β-unsaturated/α-hetero) is 1. The molecular formula is C12H15FO2S. The smallest absolute Gasteiger partial charge is 0.175 e. The number of halogens is 1. The molecule has 4 heteroatoms. The summed E-state index contributed by atoms with van der Waals surface area (Å²) in [5.74, 6) is 0.488. The number of carbonyl (C=O) groups excluding carboxylic acids is 1. The number of carbonyl (C=O) groups is 1. The zero-order valence-electron chi connectivity index (χ0n) is 9.40. The molecule has 1 aromatic carbocycles. The highest BCUT2D eigenvalue weighted by Gasteiger charge is 2.15. The first-order chi connectivity index (χ1) is 7.65. The fourth-order valence-corrected chi connectivity index (χ4v) is 2.14. The molecule has 0 bridgehead atoms. The van der Waals surface area contributed by atoms with Crippen molar-refractivity contribution in [1.82, 2.24) is 0 Å². The van der Waals surface area contributed by atoms with Crippen molar-refractivity contribution >= 4 is 17.5 Å². The molecule has 1 aromatic rings. The molecular weight excluding hydrogens is 227 g/mol. The molecule has 0 N–H and O–H groups in total. The number of hydrogen-bond donors (Lipinski definition) is 0. The maximum atomic E-state index is 12.7. The van der Waals surface area contributed by atoms with Gasteiger partial charge in [0.25, 0.3) is 0 Å². The fraction of sp³-hybridized carbons (Fsp3) is 0.417.